The minimum absolute atomic E-state index is 0.104. The Morgan fingerprint density at radius 3 is 2.62 bits per heavy atom. The zero-order chi connectivity index (χ0) is 25.0. The van der Waals surface area contributed by atoms with Crippen LogP contribution in [-0.2, 0) is 24.2 Å². The molecule has 37 heavy (non-hydrogen) atoms. The first-order chi connectivity index (χ1) is 18.2. The summed E-state index contributed by atoms with van der Waals surface area (Å²) < 4.78 is 11.2. The molecular weight excluding hydrogens is 464 g/mol. The van der Waals surface area contributed by atoms with Gasteiger partial charge in [-0.25, -0.2) is 4.79 Å². The Morgan fingerprint density at radius 1 is 1.03 bits per heavy atom. The molecule has 6 rings (SSSR count). The van der Waals surface area contributed by atoms with E-state index in [1.165, 1.54) is 0 Å². The van der Waals surface area contributed by atoms with Gasteiger partial charge in [0.05, 0.1) is 0 Å². The van der Waals surface area contributed by atoms with E-state index in [9.17, 15) is 4.79 Å². The van der Waals surface area contributed by atoms with E-state index in [1.54, 1.807) is 0 Å². The number of hydrogen-bond donors (Lipinski definition) is 1. The number of hydrogen-bond acceptors (Lipinski definition) is 5. The van der Waals surface area contributed by atoms with Crippen LogP contribution in [0.3, 0.4) is 0 Å². The fraction of sp³-hybridized carbons (Fsp3) is 0.233. The van der Waals surface area contributed by atoms with Gasteiger partial charge in [-0.3, -0.25) is 0 Å². The van der Waals surface area contributed by atoms with E-state index in [0.717, 1.165) is 59.0 Å². The largest absolute Gasteiger partial charge is 0.445 e. The van der Waals surface area contributed by atoms with Crippen molar-refractivity contribution < 1.29 is 14.1 Å². The molecule has 1 amide bonds. The minimum Gasteiger partial charge on any atom is -0.445 e. The van der Waals surface area contributed by atoms with Gasteiger partial charge in [-0.05, 0) is 54.2 Å². The number of amides is 1. The van der Waals surface area contributed by atoms with Crippen molar-refractivity contribution in [2.75, 3.05) is 6.54 Å². The summed E-state index contributed by atoms with van der Waals surface area (Å²) in [6.45, 7) is 1.01. The molecule has 7 heteroatoms. The second kappa shape index (κ2) is 10.3. The molecule has 0 bridgehead atoms. The first-order valence-corrected chi connectivity index (χ1v) is 12.7. The summed E-state index contributed by atoms with van der Waals surface area (Å²) >= 11 is 0. The number of H-pyrrole nitrogens is 1. The number of nitrogens with one attached hydrogen (secondary N) is 1. The van der Waals surface area contributed by atoms with E-state index in [0.29, 0.717) is 18.1 Å². The van der Waals surface area contributed by atoms with Crippen LogP contribution in [0.1, 0.15) is 35.4 Å². The van der Waals surface area contributed by atoms with Gasteiger partial charge in [0.25, 0.3) is 5.89 Å². The van der Waals surface area contributed by atoms with Crippen LogP contribution in [0.15, 0.2) is 89.6 Å². The Bertz CT molecular complexity index is 1490. The van der Waals surface area contributed by atoms with Crippen molar-refractivity contribution in [3.8, 4) is 11.5 Å². The van der Waals surface area contributed by atoms with Crippen LogP contribution in [0.5, 0.6) is 0 Å². The van der Waals surface area contributed by atoms with Gasteiger partial charge in [-0.15, -0.1) is 0 Å². The number of aromatic nitrogens is 3. The predicted octanol–water partition coefficient (Wildman–Crippen LogP) is 6.15. The number of benzene rings is 3. The molecule has 1 aliphatic heterocycles. The van der Waals surface area contributed by atoms with Crippen molar-refractivity contribution >= 4 is 17.0 Å². The summed E-state index contributed by atoms with van der Waals surface area (Å²) in [6, 6.07) is 26.1. The van der Waals surface area contributed by atoms with E-state index >= 15 is 0 Å². The third-order valence-electron chi connectivity index (χ3n) is 6.96. The van der Waals surface area contributed by atoms with Gasteiger partial charge >= 0.3 is 6.09 Å². The smallest absolute Gasteiger partial charge is 0.410 e. The van der Waals surface area contributed by atoms with Crippen molar-refractivity contribution in [3.05, 3.63) is 108 Å². The first-order valence-electron chi connectivity index (χ1n) is 12.7. The van der Waals surface area contributed by atoms with Gasteiger partial charge in [0, 0.05) is 41.7 Å². The van der Waals surface area contributed by atoms with Crippen molar-refractivity contribution in [3.63, 3.8) is 0 Å². The lowest BCUT2D eigenvalue weighted by Gasteiger charge is -2.24. The second-order valence-corrected chi connectivity index (χ2v) is 9.49. The predicted molar refractivity (Wildman–Crippen MR) is 141 cm³/mol. The van der Waals surface area contributed by atoms with Crippen LogP contribution in [0.4, 0.5) is 4.79 Å². The Morgan fingerprint density at radius 2 is 1.81 bits per heavy atom. The lowest BCUT2D eigenvalue weighted by Crippen LogP contribution is -2.37. The normalized spacial score (nSPS) is 15.4. The molecule has 1 saturated heterocycles. The monoisotopic (exact) mass is 492 g/mol. The highest BCUT2D eigenvalue weighted by Crippen LogP contribution is 2.29. The molecule has 0 aliphatic carbocycles. The highest BCUT2D eigenvalue weighted by Gasteiger charge is 2.30. The maximum Gasteiger partial charge on any atom is 0.410 e. The number of ether oxygens (including phenoxy) is 1. The third-order valence-corrected chi connectivity index (χ3v) is 6.96. The SMILES string of the molecule is O=C(OCc1ccccc1)N1CCC[C@@H]1Cc1c[nH]c2ccc(-c3nc(Cc4ccccc4)no3)cc12. The summed E-state index contributed by atoms with van der Waals surface area (Å²) in [4.78, 5) is 22.7. The lowest BCUT2D eigenvalue weighted by atomic mass is 10.0. The highest BCUT2D eigenvalue weighted by molar-refractivity contribution is 5.87. The first kappa shape index (κ1) is 23.0. The van der Waals surface area contributed by atoms with E-state index in [-0.39, 0.29) is 18.7 Å². The van der Waals surface area contributed by atoms with Crippen LogP contribution in [0, 0.1) is 0 Å². The molecular formula is C30H28N4O3. The fourth-order valence-corrected chi connectivity index (χ4v) is 5.05. The van der Waals surface area contributed by atoms with Crippen LogP contribution >= 0.6 is 0 Å². The van der Waals surface area contributed by atoms with Gasteiger partial charge in [0.2, 0.25) is 0 Å². The van der Waals surface area contributed by atoms with Gasteiger partial charge in [0.1, 0.15) is 6.61 Å². The maximum absolute atomic E-state index is 12.9. The molecule has 1 fully saturated rings. The third kappa shape index (κ3) is 5.11. The van der Waals surface area contributed by atoms with Crippen LogP contribution in [0.2, 0.25) is 0 Å². The molecule has 7 nitrogen and oxygen atoms in total. The molecule has 0 radical (unpaired) electrons. The zero-order valence-corrected chi connectivity index (χ0v) is 20.5. The minimum atomic E-state index is -0.247. The second-order valence-electron chi connectivity index (χ2n) is 9.49. The number of carbonyl (C=O) groups is 1. The molecule has 1 aliphatic rings. The summed E-state index contributed by atoms with van der Waals surface area (Å²) in [5, 5.41) is 5.28. The topological polar surface area (TPSA) is 84.2 Å². The van der Waals surface area contributed by atoms with E-state index in [2.05, 4.69) is 33.3 Å². The quantitative estimate of drug-likeness (QED) is 0.294. The molecule has 1 atom stereocenters. The summed E-state index contributed by atoms with van der Waals surface area (Å²) in [5.41, 5.74) is 5.21. The van der Waals surface area contributed by atoms with Gasteiger partial charge in [-0.2, -0.15) is 4.98 Å². The van der Waals surface area contributed by atoms with Gasteiger partial charge < -0.3 is 19.1 Å². The number of nitrogens with zero attached hydrogens (tertiary/aromatic N) is 3. The molecule has 3 aromatic carbocycles. The molecule has 0 spiro atoms. The van der Waals surface area contributed by atoms with E-state index < -0.39 is 0 Å². The molecule has 5 aromatic rings. The van der Waals surface area contributed by atoms with Crippen molar-refractivity contribution in [1.82, 2.24) is 20.0 Å². The Balaban J connectivity index is 1.16. The van der Waals surface area contributed by atoms with Crippen molar-refractivity contribution in [2.24, 2.45) is 0 Å². The average molecular weight is 493 g/mol. The van der Waals surface area contributed by atoms with Crippen molar-refractivity contribution in [2.45, 2.75) is 38.3 Å². The molecule has 186 valence electrons. The van der Waals surface area contributed by atoms with Gasteiger partial charge in [0.15, 0.2) is 5.82 Å². The number of aromatic amines is 1. The lowest BCUT2D eigenvalue weighted by molar-refractivity contribution is 0.0921. The van der Waals surface area contributed by atoms with E-state index in [4.69, 9.17) is 9.26 Å². The standard InChI is InChI=1S/C30H28N4O3/c35-30(36-20-22-10-5-2-6-11-22)34-15-7-12-25(34)17-24-19-31-27-14-13-23(18-26(24)27)29-32-28(33-37-29)16-21-8-3-1-4-9-21/h1-6,8-11,13-14,18-19,25,31H,7,12,15-17,20H2/t25-/m1/s1. The van der Waals surface area contributed by atoms with Gasteiger partial charge in [-0.1, -0.05) is 65.8 Å². The van der Waals surface area contributed by atoms with Crippen molar-refractivity contribution in [1.29, 1.82) is 0 Å². The molecule has 0 unspecified atom stereocenters. The summed E-state index contributed by atoms with van der Waals surface area (Å²) in [7, 11) is 0. The summed E-state index contributed by atoms with van der Waals surface area (Å²) in [5.74, 6) is 1.16. The number of fused-ring (bicyclic) bond motifs is 1. The number of rotatable bonds is 7. The number of carbonyl (C=O) groups excluding carboxylic acids is 1. The van der Waals surface area contributed by atoms with Crippen LogP contribution < -0.4 is 0 Å². The Kier molecular flexibility index (Phi) is 6.42. The van der Waals surface area contributed by atoms with E-state index in [1.807, 2.05) is 71.8 Å². The fourth-order valence-electron chi connectivity index (χ4n) is 5.05. The van der Waals surface area contributed by atoms with Crippen LogP contribution in [-0.4, -0.2) is 38.7 Å². The number of likely N-dealkylation sites (tertiary alicyclic amines) is 1. The average Bonchev–Trinajstić information content (AvgIpc) is 3.69. The maximum atomic E-state index is 12.9. The molecule has 1 N–H and O–H groups in total. The molecule has 2 aromatic heterocycles. The van der Waals surface area contributed by atoms with Crippen LogP contribution in [0.25, 0.3) is 22.4 Å². The highest BCUT2D eigenvalue weighted by atomic mass is 16.6. The Hall–Kier alpha value is -4.39. The molecule has 0 saturated carbocycles. The summed E-state index contributed by atoms with van der Waals surface area (Å²) in [6.07, 6.45) is 5.11. The molecule has 3 heterocycles. The zero-order valence-electron chi connectivity index (χ0n) is 20.5. The Labute approximate surface area is 215 Å².